The van der Waals surface area contributed by atoms with Gasteiger partial charge in [0, 0.05) is 18.0 Å². The van der Waals surface area contributed by atoms with Crippen molar-refractivity contribution < 1.29 is 17.9 Å². The van der Waals surface area contributed by atoms with Gasteiger partial charge in [-0.2, -0.15) is 0 Å². The first-order valence-corrected chi connectivity index (χ1v) is 4.83. The highest BCUT2D eigenvalue weighted by Gasteiger charge is 2.28. The number of hydrogen-bond donors (Lipinski definition) is 1. The van der Waals surface area contributed by atoms with Gasteiger partial charge in [0.05, 0.1) is 6.61 Å². The summed E-state index contributed by atoms with van der Waals surface area (Å²) in [6, 6.07) is 0.0966. The van der Waals surface area contributed by atoms with Crippen LogP contribution in [0.2, 0.25) is 0 Å². The molecule has 0 saturated carbocycles. The minimum atomic E-state index is -4.54. The van der Waals surface area contributed by atoms with Crippen LogP contribution in [0.3, 0.4) is 0 Å². The molecule has 0 aliphatic heterocycles. The van der Waals surface area contributed by atoms with E-state index in [0.717, 1.165) is 0 Å². The molecule has 0 spiro atoms. The van der Waals surface area contributed by atoms with Crippen LogP contribution in [0.25, 0.3) is 0 Å². The van der Waals surface area contributed by atoms with Gasteiger partial charge < -0.3 is 5.32 Å². The van der Waals surface area contributed by atoms with Gasteiger partial charge in [-0.05, 0) is 20.3 Å². The molecule has 0 aromatic carbocycles. The molecule has 0 aliphatic rings. The Morgan fingerprint density at radius 2 is 1.93 bits per heavy atom. The standard InChI is InChI=1S/C8H15ClF3NO/c1-6(9)5-7(2)13-3-4-14-8(10,11)12/h6-7,13H,3-5H2,1-2H3. The highest BCUT2D eigenvalue weighted by molar-refractivity contribution is 6.20. The van der Waals surface area contributed by atoms with Crippen molar-refractivity contribution in [3.05, 3.63) is 0 Å². The number of alkyl halides is 4. The van der Waals surface area contributed by atoms with Crippen molar-refractivity contribution in [3.63, 3.8) is 0 Å². The summed E-state index contributed by atoms with van der Waals surface area (Å²) in [6.07, 6.45) is -3.82. The molecule has 0 saturated heterocycles. The van der Waals surface area contributed by atoms with E-state index in [9.17, 15) is 13.2 Å². The topological polar surface area (TPSA) is 21.3 Å². The first-order valence-electron chi connectivity index (χ1n) is 4.39. The number of ether oxygens (including phenoxy) is 1. The molecule has 0 aliphatic carbocycles. The van der Waals surface area contributed by atoms with Crippen LogP contribution in [0.15, 0.2) is 0 Å². The summed E-state index contributed by atoms with van der Waals surface area (Å²) in [5.74, 6) is 0. The van der Waals surface area contributed by atoms with E-state index < -0.39 is 6.36 Å². The monoisotopic (exact) mass is 233 g/mol. The smallest absolute Gasteiger partial charge is 0.312 e. The predicted molar refractivity (Wildman–Crippen MR) is 49.4 cm³/mol. The minimum Gasteiger partial charge on any atom is -0.312 e. The molecule has 2 atom stereocenters. The SMILES string of the molecule is CC(Cl)CC(C)NCCOC(F)(F)F. The molecule has 6 heteroatoms. The van der Waals surface area contributed by atoms with Crippen molar-refractivity contribution in [1.29, 1.82) is 0 Å². The molecule has 1 N–H and O–H groups in total. The lowest BCUT2D eigenvalue weighted by Crippen LogP contribution is -2.32. The van der Waals surface area contributed by atoms with Crippen LogP contribution in [0, 0.1) is 0 Å². The second-order valence-corrected chi connectivity index (χ2v) is 3.91. The first-order chi connectivity index (χ1) is 6.31. The van der Waals surface area contributed by atoms with E-state index in [1.54, 1.807) is 0 Å². The Kier molecular flexibility index (Phi) is 6.48. The summed E-state index contributed by atoms with van der Waals surface area (Å²) in [6.45, 7) is 3.51. The van der Waals surface area contributed by atoms with E-state index in [0.29, 0.717) is 6.42 Å². The molecule has 0 fully saturated rings. The summed E-state index contributed by atoms with van der Waals surface area (Å²) in [5, 5.41) is 2.89. The van der Waals surface area contributed by atoms with Crippen molar-refractivity contribution in [2.45, 2.75) is 38.0 Å². The summed E-state index contributed by atoms with van der Waals surface area (Å²) in [7, 11) is 0. The van der Waals surface area contributed by atoms with Gasteiger partial charge in [0.2, 0.25) is 0 Å². The second kappa shape index (κ2) is 6.48. The molecule has 86 valence electrons. The molecule has 0 amide bonds. The summed E-state index contributed by atoms with van der Waals surface area (Å²) >= 11 is 5.71. The molecule has 2 unspecified atom stereocenters. The molecule has 0 radical (unpaired) electrons. The third kappa shape index (κ3) is 10.1. The fourth-order valence-corrected chi connectivity index (χ4v) is 1.31. The van der Waals surface area contributed by atoms with Gasteiger partial charge in [-0.25, -0.2) is 0 Å². The summed E-state index contributed by atoms with van der Waals surface area (Å²) < 4.78 is 38.1. The van der Waals surface area contributed by atoms with Crippen LogP contribution < -0.4 is 5.32 Å². The van der Waals surface area contributed by atoms with E-state index in [4.69, 9.17) is 11.6 Å². The Morgan fingerprint density at radius 1 is 1.36 bits per heavy atom. The molecule has 2 nitrogen and oxygen atoms in total. The maximum absolute atomic E-state index is 11.5. The Labute approximate surface area is 86.8 Å². The zero-order valence-corrected chi connectivity index (χ0v) is 8.95. The van der Waals surface area contributed by atoms with Gasteiger partial charge in [-0.15, -0.1) is 24.8 Å². The lowest BCUT2D eigenvalue weighted by molar-refractivity contribution is -0.323. The lowest BCUT2D eigenvalue weighted by Gasteiger charge is -2.15. The fraction of sp³-hybridized carbons (Fsp3) is 1.00. The lowest BCUT2D eigenvalue weighted by atomic mass is 10.2. The largest absolute Gasteiger partial charge is 0.522 e. The van der Waals surface area contributed by atoms with Gasteiger partial charge >= 0.3 is 6.36 Å². The molecular formula is C8H15ClF3NO. The number of halogens is 4. The van der Waals surface area contributed by atoms with E-state index in [2.05, 4.69) is 10.1 Å². The Balaban J connectivity index is 3.36. The van der Waals surface area contributed by atoms with E-state index in [1.165, 1.54) is 0 Å². The van der Waals surface area contributed by atoms with Gasteiger partial charge in [-0.1, -0.05) is 0 Å². The quantitative estimate of drug-likeness (QED) is 0.562. The second-order valence-electron chi connectivity index (χ2n) is 3.17. The van der Waals surface area contributed by atoms with E-state index in [1.807, 2.05) is 13.8 Å². The van der Waals surface area contributed by atoms with Crippen molar-refractivity contribution in [2.24, 2.45) is 0 Å². The Morgan fingerprint density at radius 3 is 2.36 bits per heavy atom. The fourth-order valence-electron chi connectivity index (χ4n) is 1.04. The van der Waals surface area contributed by atoms with Crippen molar-refractivity contribution in [2.75, 3.05) is 13.2 Å². The Bertz CT molecular complexity index is 152. The molecule has 0 bridgehead atoms. The number of hydrogen-bond acceptors (Lipinski definition) is 2. The molecule has 0 rings (SSSR count). The van der Waals surface area contributed by atoms with Gasteiger partial charge in [0.1, 0.15) is 0 Å². The average Bonchev–Trinajstić information content (AvgIpc) is 1.95. The predicted octanol–water partition coefficient (Wildman–Crippen LogP) is 2.52. The van der Waals surface area contributed by atoms with Gasteiger partial charge in [0.25, 0.3) is 0 Å². The van der Waals surface area contributed by atoms with Gasteiger partial charge in [0.15, 0.2) is 0 Å². The molecule has 0 aromatic rings. The van der Waals surface area contributed by atoms with Crippen LogP contribution in [-0.2, 0) is 4.74 Å². The Hall–Kier alpha value is -0.0000000000000000555. The molecule has 0 heterocycles. The van der Waals surface area contributed by atoms with Crippen LogP contribution in [0.1, 0.15) is 20.3 Å². The normalized spacial score (nSPS) is 16.7. The molecule has 0 aromatic heterocycles. The highest BCUT2D eigenvalue weighted by atomic mass is 35.5. The van der Waals surface area contributed by atoms with Crippen LogP contribution in [0.4, 0.5) is 13.2 Å². The van der Waals surface area contributed by atoms with Crippen molar-refractivity contribution in [3.8, 4) is 0 Å². The van der Waals surface area contributed by atoms with Crippen LogP contribution >= 0.6 is 11.6 Å². The minimum absolute atomic E-state index is 0.0148. The highest BCUT2D eigenvalue weighted by Crippen LogP contribution is 2.15. The maximum Gasteiger partial charge on any atom is 0.522 e. The summed E-state index contributed by atoms with van der Waals surface area (Å²) in [4.78, 5) is 0. The zero-order valence-electron chi connectivity index (χ0n) is 8.20. The first kappa shape index (κ1) is 14.0. The van der Waals surface area contributed by atoms with Crippen LogP contribution in [-0.4, -0.2) is 30.9 Å². The van der Waals surface area contributed by atoms with Crippen molar-refractivity contribution >= 4 is 11.6 Å². The number of nitrogens with one attached hydrogen (secondary N) is 1. The van der Waals surface area contributed by atoms with Crippen molar-refractivity contribution in [1.82, 2.24) is 5.32 Å². The zero-order chi connectivity index (χ0) is 11.2. The molecule has 14 heavy (non-hydrogen) atoms. The maximum atomic E-state index is 11.5. The third-order valence-electron chi connectivity index (χ3n) is 1.54. The third-order valence-corrected chi connectivity index (χ3v) is 1.72. The van der Waals surface area contributed by atoms with E-state index >= 15 is 0 Å². The van der Waals surface area contributed by atoms with Gasteiger partial charge in [-0.3, -0.25) is 4.74 Å². The molecular weight excluding hydrogens is 219 g/mol. The van der Waals surface area contributed by atoms with Crippen LogP contribution in [0.5, 0.6) is 0 Å². The van der Waals surface area contributed by atoms with E-state index in [-0.39, 0.29) is 24.6 Å². The summed E-state index contributed by atoms with van der Waals surface area (Å²) in [5.41, 5.74) is 0. The average molecular weight is 234 g/mol. The number of rotatable bonds is 6.